The van der Waals surface area contributed by atoms with Crippen LogP contribution in [0.15, 0.2) is 24.3 Å². The van der Waals surface area contributed by atoms with Crippen LogP contribution in [0.1, 0.15) is 51.0 Å². The van der Waals surface area contributed by atoms with E-state index in [0.29, 0.717) is 5.92 Å². The van der Waals surface area contributed by atoms with E-state index in [1.54, 1.807) is 0 Å². The highest BCUT2D eigenvalue weighted by molar-refractivity contribution is 5.76. The van der Waals surface area contributed by atoms with E-state index in [-0.39, 0.29) is 6.04 Å². The molecule has 1 aromatic carbocycles. The summed E-state index contributed by atoms with van der Waals surface area (Å²) in [6, 6.07) is 8.71. The Labute approximate surface area is 177 Å². The average molecular weight is 426 g/mol. The van der Waals surface area contributed by atoms with Crippen LogP contribution >= 0.6 is 0 Å². The van der Waals surface area contributed by atoms with Crippen molar-refractivity contribution in [3.05, 3.63) is 29.8 Å². The standard InChI is InChI=1S/C23H34F3N3O/c1-2-18-4-3-5-21(16-18)29-14-12-28(13-15-29)11-10-19-6-8-20(9-7-19)27-22(30)17-23(24,25)26/h3-5,16,19-20H,2,6-15,17H2,1H3,(H,27,30)/t19-,20-. The van der Waals surface area contributed by atoms with E-state index in [2.05, 4.69) is 46.3 Å². The van der Waals surface area contributed by atoms with Gasteiger partial charge in [-0.2, -0.15) is 13.2 Å². The molecule has 3 rings (SSSR count). The molecule has 1 aromatic rings. The maximum atomic E-state index is 12.3. The van der Waals surface area contributed by atoms with Crippen molar-refractivity contribution in [3.8, 4) is 0 Å². The van der Waals surface area contributed by atoms with Gasteiger partial charge in [0.05, 0.1) is 0 Å². The maximum absolute atomic E-state index is 12.3. The molecule has 0 unspecified atom stereocenters. The first-order valence-corrected chi connectivity index (χ1v) is 11.2. The number of alkyl halides is 3. The summed E-state index contributed by atoms with van der Waals surface area (Å²) < 4.78 is 36.9. The zero-order valence-electron chi connectivity index (χ0n) is 17.9. The van der Waals surface area contributed by atoms with E-state index in [1.165, 1.54) is 11.3 Å². The number of amides is 1. The topological polar surface area (TPSA) is 35.6 Å². The Bertz CT molecular complexity index is 679. The second-order valence-electron chi connectivity index (χ2n) is 8.72. The number of nitrogens with one attached hydrogen (secondary N) is 1. The summed E-state index contributed by atoms with van der Waals surface area (Å²) in [7, 11) is 0. The molecular weight excluding hydrogens is 391 g/mol. The van der Waals surface area contributed by atoms with Gasteiger partial charge in [0, 0.05) is 37.9 Å². The lowest BCUT2D eigenvalue weighted by atomic mass is 9.84. The van der Waals surface area contributed by atoms with Gasteiger partial charge in [-0.25, -0.2) is 0 Å². The number of halogens is 3. The summed E-state index contributed by atoms with van der Waals surface area (Å²) in [5.41, 5.74) is 2.69. The number of carbonyl (C=O) groups is 1. The number of hydrogen-bond donors (Lipinski definition) is 1. The third-order valence-electron chi connectivity index (χ3n) is 6.48. The second kappa shape index (κ2) is 10.5. The molecule has 0 aromatic heterocycles. The molecule has 0 atom stereocenters. The highest BCUT2D eigenvalue weighted by atomic mass is 19.4. The van der Waals surface area contributed by atoms with Gasteiger partial charge in [0.1, 0.15) is 6.42 Å². The van der Waals surface area contributed by atoms with Crippen LogP contribution in [0.2, 0.25) is 0 Å². The van der Waals surface area contributed by atoms with Crippen LogP contribution < -0.4 is 10.2 Å². The lowest BCUT2D eigenvalue weighted by Crippen LogP contribution is -2.47. The minimum absolute atomic E-state index is 0.0986. The Morgan fingerprint density at radius 2 is 1.80 bits per heavy atom. The van der Waals surface area contributed by atoms with Crippen molar-refractivity contribution in [2.75, 3.05) is 37.6 Å². The number of rotatable bonds is 7. The van der Waals surface area contributed by atoms with Gasteiger partial charge in [0.2, 0.25) is 5.91 Å². The minimum atomic E-state index is -4.43. The number of nitrogens with zero attached hydrogens (tertiary/aromatic N) is 2. The van der Waals surface area contributed by atoms with E-state index >= 15 is 0 Å². The quantitative estimate of drug-likeness (QED) is 0.704. The number of carbonyl (C=O) groups excluding carboxylic acids is 1. The highest BCUT2D eigenvalue weighted by Crippen LogP contribution is 2.28. The lowest BCUT2D eigenvalue weighted by molar-refractivity contribution is -0.154. The van der Waals surface area contributed by atoms with Crippen molar-refractivity contribution in [3.63, 3.8) is 0 Å². The smallest absolute Gasteiger partial charge is 0.369 e. The van der Waals surface area contributed by atoms with E-state index in [9.17, 15) is 18.0 Å². The molecule has 30 heavy (non-hydrogen) atoms. The summed E-state index contributed by atoms with van der Waals surface area (Å²) >= 11 is 0. The molecule has 1 aliphatic heterocycles. The third kappa shape index (κ3) is 7.18. The van der Waals surface area contributed by atoms with Gasteiger partial charge < -0.3 is 10.2 Å². The SMILES string of the molecule is CCc1cccc(N2CCN(CC[C@H]3CC[C@H](NC(=O)CC(F)(F)F)CC3)CC2)c1. The molecule has 1 amide bonds. The number of hydrogen-bond acceptors (Lipinski definition) is 3. The van der Waals surface area contributed by atoms with E-state index in [0.717, 1.165) is 71.2 Å². The number of benzene rings is 1. The molecule has 0 spiro atoms. The second-order valence-corrected chi connectivity index (χ2v) is 8.72. The molecule has 0 radical (unpaired) electrons. The summed E-state index contributed by atoms with van der Waals surface area (Å²) in [6.45, 7) is 7.49. The van der Waals surface area contributed by atoms with Crippen LogP contribution in [-0.2, 0) is 11.2 Å². The first kappa shape index (κ1) is 22.9. The van der Waals surface area contributed by atoms with Gasteiger partial charge in [-0.1, -0.05) is 19.1 Å². The van der Waals surface area contributed by atoms with Gasteiger partial charge in [0.15, 0.2) is 0 Å². The molecule has 1 heterocycles. The Hall–Kier alpha value is -1.76. The normalized spacial score (nSPS) is 23.4. The summed E-state index contributed by atoms with van der Waals surface area (Å²) in [5.74, 6) is -0.284. The maximum Gasteiger partial charge on any atom is 0.397 e. The molecule has 168 valence electrons. The monoisotopic (exact) mass is 425 g/mol. The van der Waals surface area contributed by atoms with E-state index in [4.69, 9.17) is 0 Å². The average Bonchev–Trinajstić information content (AvgIpc) is 2.72. The number of anilines is 1. The highest BCUT2D eigenvalue weighted by Gasteiger charge is 2.32. The van der Waals surface area contributed by atoms with Crippen molar-refractivity contribution in [1.82, 2.24) is 10.2 Å². The first-order valence-electron chi connectivity index (χ1n) is 11.2. The fourth-order valence-corrected chi connectivity index (χ4v) is 4.62. The molecule has 4 nitrogen and oxygen atoms in total. The Morgan fingerprint density at radius 1 is 1.10 bits per heavy atom. The van der Waals surface area contributed by atoms with E-state index in [1.807, 2.05) is 0 Å². The van der Waals surface area contributed by atoms with Gasteiger partial charge in [0.25, 0.3) is 0 Å². The largest absolute Gasteiger partial charge is 0.397 e. The first-order chi connectivity index (χ1) is 14.3. The van der Waals surface area contributed by atoms with Gasteiger partial charge in [-0.05, 0) is 68.7 Å². The fourth-order valence-electron chi connectivity index (χ4n) is 4.62. The van der Waals surface area contributed by atoms with Crippen molar-refractivity contribution < 1.29 is 18.0 Å². The summed E-state index contributed by atoms with van der Waals surface area (Å²) in [4.78, 5) is 16.5. The molecule has 1 saturated heterocycles. The van der Waals surface area contributed by atoms with Crippen LogP contribution in [0.4, 0.5) is 18.9 Å². The van der Waals surface area contributed by atoms with Crippen LogP contribution in [0.3, 0.4) is 0 Å². The van der Waals surface area contributed by atoms with Crippen LogP contribution in [0, 0.1) is 5.92 Å². The Morgan fingerprint density at radius 3 is 2.43 bits per heavy atom. The molecule has 1 N–H and O–H groups in total. The van der Waals surface area contributed by atoms with Gasteiger partial charge >= 0.3 is 6.18 Å². The van der Waals surface area contributed by atoms with Crippen molar-refractivity contribution >= 4 is 11.6 Å². The predicted octanol–water partition coefficient (Wildman–Crippen LogP) is 4.39. The zero-order chi connectivity index (χ0) is 21.6. The molecule has 1 aliphatic carbocycles. The molecular formula is C23H34F3N3O. The van der Waals surface area contributed by atoms with Crippen LogP contribution in [0.5, 0.6) is 0 Å². The molecule has 7 heteroatoms. The Balaban J connectivity index is 1.32. The molecule has 1 saturated carbocycles. The Kier molecular flexibility index (Phi) is 8.03. The number of piperazine rings is 1. The van der Waals surface area contributed by atoms with Crippen LogP contribution in [-0.4, -0.2) is 55.7 Å². The van der Waals surface area contributed by atoms with Crippen molar-refractivity contribution in [1.29, 1.82) is 0 Å². The van der Waals surface area contributed by atoms with Gasteiger partial charge in [-0.15, -0.1) is 0 Å². The molecule has 2 aliphatic rings. The van der Waals surface area contributed by atoms with Gasteiger partial charge in [-0.3, -0.25) is 9.69 Å². The predicted molar refractivity (Wildman–Crippen MR) is 114 cm³/mol. The van der Waals surface area contributed by atoms with E-state index < -0.39 is 18.5 Å². The molecule has 2 fully saturated rings. The zero-order valence-corrected chi connectivity index (χ0v) is 17.9. The lowest BCUT2D eigenvalue weighted by Gasteiger charge is -2.37. The third-order valence-corrected chi connectivity index (χ3v) is 6.48. The van der Waals surface area contributed by atoms with Crippen LogP contribution in [0.25, 0.3) is 0 Å². The number of aryl methyl sites for hydroxylation is 1. The summed E-state index contributed by atoms with van der Waals surface area (Å²) in [5, 5.41) is 2.56. The fraction of sp³-hybridized carbons (Fsp3) is 0.696. The minimum Gasteiger partial charge on any atom is -0.369 e. The van der Waals surface area contributed by atoms with Crippen molar-refractivity contribution in [2.24, 2.45) is 5.92 Å². The summed E-state index contributed by atoms with van der Waals surface area (Å²) in [6.07, 6.45) is -0.0601. The molecule has 0 bridgehead atoms. The van der Waals surface area contributed by atoms with Crippen molar-refractivity contribution in [2.45, 2.75) is 64.1 Å².